The number of carbonyl (C=O) groups is 3. The Kier molecular flexibility index (Phi) is 6.39. The van der Waals surface area contributed by atoms with Gasteiger partial charge in [-0.3, -0.25) is 4.79 Å². The number of aryl methyl sites for hydroxylation is 2. The summed E-state index contributed by atoms with van der Waals surface area (Å²) in [6.45, 7) is 4.81. The molecule has 0 bridgehead atoms. The minimum atomic E-state index is -0.602. The van der Waals surface area contributed by atoms with Crippen molar-refractivity contribution in [3.63, 3.8) is 0 Å². The second-order valence-electron chi connectivity index (χ2n) is 6.29. The largest absolute Gasteiger partial charge is 0.462 e. The van der Waals surface area contributed by atoms with Crippen LogP contribution in [0.4, 0.5) is 5.69 Å². The summed E-state index contributed by atoms with van der Waals surface area (Å²) < 4.78 is 10.2. The van der Waals surface area contributed by atoms with Crippen LogP contribution in [0, 0.1) is 13.8 Å². The van der Waals surface area contributed by atoms with E-state index in [1.807, 2.05) is 25.1 Å². The molecule has 0 atom stereocenters. The van der Waals surface area contributed by atoms with E-state index in [4.69, 9.17) is 9.47 Å². The minimum Gasteiger partial charge on any atom is -0.462 e. The molecule has 2 aromatic rings. The summed E-state index contributed by atoms with van der Waals surface area (Å²) in [7, 11) is 3.73. The summed E-state index contributed by atoms with van der Waals surface area (Å²) in [6.07, 6.45) is 0. The molecule has 144 valence electrons. The van der Waals surface area contributed by atoms with Crippen molar-refractivity contribution >= 4 is 23.4 Å². The van der Waals surface area contributed by atoms with Gasteiger partial charge in [0.2, 0.25) is 5.78 Å². The summed E-state index contributed by atoms with van der Waals surface area (Å²) in [4.78, 5) is 41.9. The number of aromatic nitrogens is 1. The number of nitrogens with one attached hydrogen (secondary N) is 1. The van der Waals surface area contributed by atoms with Gasteiger partial charge in [0.25, 0.3) is 0 Å². The molecular formula is C20H24N2O5. The number of H-pyrrole nitrogens is 1. The van der Waals surface area contributed by atoms with E-state index < -0.39 is 24.3 Å². The van der Waals surface area contributed by atoms with Crippen molar-refractivity contribution in [2.75, 3.05) is 32.2 Å². The quantitative estimate of drug-likeness (QED) is 0.594. The highest BCUT2D eigenvalue weighted by molar-refractivity contribution is 6.09. The second-order valence-corrected chi connectivity index (χ2v) is 6.29. The van der Waals surface area contributed by atoms with E-state index in [2.05, 4.69) is 4.98 Å². The molecule has 1 N–H and O–H groups in total. The lowest BCUT2D eigenvalue weighted by Gasteiger charge is -2.13. The number of ketones is 1. The molecule has 0 aliphatic heterocycles. The van der Waals surface area contributed by atoms with Crippen LogP contribution in [0.5, 0.6) is 0 Å². The summed E-state index contributed by atoms with van der Waals surface area (Å²) in [5.74, 6) is -1.64. The van der Waals surface area contributed by atoms with Crippen LogP contribution in [0.25, 0.3) is 0 Å². The first-order valence-electron chi connectivity index (χ1n) is 8.60. The van der Waals surface area contributed by atoms with Crippen molar-refractivity contribution in [3.8, 4) is 0 Å². The van der Waals surface area contributed by atoms with Gasteiger partial charge in [0.1, 0.15) is 0 Å². The fourth-order valence-corrected chi connectivity index (χ4v) is 2.79. The van der Waals surface area contributed by atoms with Crippen molar-refractivity contribution in [3.05, 3.63) is 52.3 Å². The van der Waals surface area contributed by atoms with Gasteiger partial charge in [0.05, 0.1) is 23.3 Å². The Bertz CT molecular complexity index is 867. The molecule has 2 rings (SSSR count). The minimum absolute atomic E-state index is 0.185. The molecule has 7 nitrogen and oxygen atoms in total. The van der Waals surface area contributed by atoms with Gasteiger partial charge < -0.3 is 19.4 Å². The van der Waals surface area contributed by atoms with E-state index in [0.29, 0.717) is 17.0 Å². The third kappa shape index (κ3) is 4.55. The number of aromatic amines is 1. The maximum absolute atomic E-state index is 12.6. The van der Waals surface area contributed by atoms with Crippen LogP contribution < -0.4 is 4.90 Å². The standard InChI is InChI=1S/C20H24N2O5/c1-6-26-20(25)18-13(3)21-12(2)17(18)16(23)11-27-19(24)14-8-7-9-15(10-14)22(4)5/h7-10,21H,6,11H2,1-5H3. The smallest absolute Gasteiger partial charge is 0.340 e. The fourth-order valence-electron chi connectivity index (χ4n) is 2.79. The Morgan fingerprint density at radius 3 is 2.30 bits per heavy atom. The van der Waals surface area contributed by atoms with Crippen molar-refractivity contribution < 1.29 is 23.9 Å². The molecular weight excluding hydrogens is 348 g/mol. The third-order valence-electron chi connectivity index (χ3n) is 4.07. The highest BCUT2D eigenvalue weighted by Gasteiger charge is 2.26. The number of hydrogen-bond acceptors (Lipinski definition) is 6. The van der Waals surface area contributed by atoms with E-state index in [1.54, 1.807) is 39.0 Å². The van der Waals surface area contributed by atoms with Crippen LogP contribution in [0.15, 0.2) is 24.3 Å². The zero-order chi connectivity index (χ0) is 20.1. The highest BCUT2D eigenvalue weighted by Crippen LogP contribution is 2.21. The monoisotopic (exact) mass is 372 g/mol. The fraction of sp³-hybridized carbons (Fsp3) is 0.350. The van der Waals surface area contributed by atoms with Crippen molar-refractivity contribution in [2.45, 2.75) is 20.8 Å². The van der Waals surface area contributed by atoms with E-state index in [-0.39, 0.29) is 17.7 Å². The molecule has 0 saturated carbocycles. The number of ether oxygens (including phenoxy) is 2. The predicted octanol–water partition coefficient (Wildman–Crippen LogP) is 2.91. The summed E-state index contributed by atoms with van der Waals surface area (Å²) in [5, 5.41) is 0. The van der Waals surface area contributed by atoms with Gasteiger partial charge in [0.15, 0.2) is 6.61 Å². The summed E-state index contributed by atoms with van der Waals surface area (Å²) >= 11 is 0. The first-order chi connectivity index (χ1) is 12.8. The molecule has 0 aliphatic rings. The maximum atomic E-state index is 12.6. The number of anilines is 1. The van der Waals surface area contributed by atoms with E-state index in [9.17, 15) is 14.4 Å². The van der Waals surface area contributed by atoms with E-state index >= 15 is 0 Å². The van der Waals surface area contributed by atoms with Gasteiger partial charge in [-0.2, -0.15) is 0 Å². The molecule has 1 aromatic carbocycles. The van der Waals surface area contributed by atoms with Gasteiger partial charge in [-0.25, -0.2) is 9.59 Å². The molecule has 7 heteroatoms. The molecule has 1 aromatic heterocycles. The van der Waals surface area contributed by atoms with Gasteiger partial charge in [-0.05, 0) is 39.0 Å². The Hall–Kier alpha value is -3.09. The first-order valence-corrected chi connectivity index (χ1v) is 8.60. The van der Waals surface area contributed by atoms with Crippen molar-refractivity contribution in [1.82, 2.24) is 4.98 Å². The molecule has 0 saturated heterocycles. The van der Waals surface area contributed by atoms with E-state index in [0.717, 1.165) is 5.69 Å². The summed E-state index contributed by atoms with van der Waals surface area (Å²) in [6, 6.07) is 6.91. The SMILES string of the molecule is CCOC(=O)c1c(C)[nH]c(C)c1C(=O)COC(=O)c1cccc(N(C)C)c1. The van der Waals surface area contributed by atoms with Gasteiger partial charge in [-0.15, -0.1) is 0 Å². The van der Waals surface area contributed by atoms with Crippen LogP contribution in [-0.4, -0.2) is 50.0 Å². The molecule has 0 amide bonds. The van der Waals surface area contributed by atoms with Crippen LogP contribution in [0.2, 0.25) is 0 Å². The second kappa shape index (κ2) is 8.53. The highest BCUT2D eigenvalue weighted by atomic mass is 16.5. The average molecular weight is 372 g/mol. The lowest BCUT2D eigenvalue weighted by atomic mass is 10.1. The van der Waals surface area contributed by atoms with Gasteiger partial charge in [0, 0.05) is 31.2 Å². The number of carbonyl (C=O) groups excluding carboxylic acids is 3. The number of nitrogens with zero attached hydrogens (tertiary/aromatic N) is 1. The molecule has 1 heterocycles. The normalized spacial score (nSPS) is 10.4. The van der Waals surface area contributed by atoms with Gasteiger partial charge in [-0.1, -0.05) is 6.07 Å². The number of benzene rings is 1. The van der Waals surface area contributed by atoms with Crippen LogP contribution in [-0.2, 0) is 9.47 Å². The molecule has 0 spiro atoms. The number of esters is 2. The third-order valence-corrected chi connectivity index (χ3v) is 4.07. The lowest BCUT2D eigenvalue weighted by Crippen LogP contribution is -2.18. The molecule has 0 aliphatic carbocycles. The zero-order valence-corrected chi connectivity index (χ0v) is 16.2. The predicted molar refractivity (Wildman–Crippen MR) is 102 cm³/mol. The first kappa shape index (κ1) is 20.2. The van der Waals surface area contributed by atoms with Crippen LogP contribution in [0.3, 0.4) is 0 Å². The number of rotatable bonds is 7. The van der Waals surface area contributed by atoms with Crippen LogP contribution >= 0.6 is 0 Å². The van der Waals surface area contributed by atoms with E-state index in [1.165, 1.54) is 0 Å². The van der Waals surface area contributed by atoms with Gasteiger partial charge >= 0.3 is 11.9 Å². The molecule has 0 fully saturated rings. The van der Waals surface area contributed by atoms with Crippen LogP contribution in [0.1, 0.15) is 49.4 Å². The summed E-state index contributed by atoms with van der Waals surface area (Å²) in [5.41, 5.74) is 2.65. The Morgan fingerprint density at radius 1 is 1.00 bits per heavy atom. The maximum Gasteiger partial charge on any atom is 0.340 e. The zero-order valence-electron chi connectivity index (χ0n) is 16.2. The molecule has 0 radical (unpaired) electrons. The Labute approximate surface area is 158 Å². The molecule has 0 unspecified atom stereocenters. The van der Waals surface area contributed by atoms with Crippen molar-refractivity contribution in [1.29, 1.82) is 0 Å². The topological polar surface area (TPSA) is 88.7 Å². The Balaban J connectivity index is 2.15. The van der Waals surface area contributed by atoms with Crippen molar-refractivity contribution in [2.24, 2.45) is 0 Å². The number of hydrogen-bond donors (Lipinski definition) is 1. The number of Topliss-reactive ketones (excluding diaryl/α,β-unsaturated/α-hetero) is 1. The Morgan fingerprint density at radius 2 is 1.67 bits per heavy atom. The lowest BCUT2D eigenvalue weighted by molar-refractivity contribution is 0.0472. The molecule has 27 heavy (non-hydrogen) atoms. The average Bonchev–Trinajstić information content (AvgIpc) is 2.93.